The summed E-state index contributed by atoms with van der Waals surface area (Å²) in [5.41, 5.74) is 6.12. The van der Waals surface area contributed by atoms with Crippen LogP contribution in [0, 0.1) is 5.82 Å². The summed E-state index contributed by atoms with van der Waals surface area (Å²) in [4.78, 5) is 0. The zero-order valence-corrected chi connectivity index (χ0v) is 10.1. The molecule has 0 aromatic heterocycles. The van der Waals surface area contributed by atoms with Crippen LogP contribution >= 0.6 is 23.2 Å². The Bertz CT molecular complexity index is 540. The van der Waals surface area contributed by atoms with Gasteiger partial charge in [0.05, 0.1) is 15.7 Å². The highest BCUT2D eigenvalue weighted by atomic mass is 35.5. The summed E-state index contributed by atoms with van der Waals surface area (Å²) in [5.74, 6) is 0.194. The largest absolute Gasteiger partial charge is 0.454 e. The lowest BCUT2D eigenvalue weighted by atomic mass is 10.3. The van der Waals surface area contributed by atoms with Crippen molar-refractivity contribution in [1.82, 2.24) is 0 Å². The van der Waals surface area contributed by atoms with Gasteiger partial charge < -0.3 is 10.5 Å². The summed E-state index contributed by atoms with van der Waals surface area (Å²) in [6.07, 6.45) is 0. The fourth-order valence-corrected chi connectivity index (χ4v) is 1.68. The summed E-state index contributed by atoms with van der Waals surface area (Å²) in [6.45, 7) is 0. The van der Waals surface area contributed by atoms with Crippen molar-refractivity contribution in [3.05, 3.63) is 52.3 Å². The molecule has 2 aromatic rings. The number of hydrogen-bond donors (Lipinski definition) is 1. The average molecular weight is 272 g/mol. The Hall–Kier alpha value is -1.45. The van der Waals surface area contributed by atoms with E-state index in [-0.39, 0.29) is 5.02 Å². The lowest BCUT2D eigenvalue weighted by Crippen LogP contribution is -1.93. The number of hydrogen-bond acceptors (Lipinski definition) is 2. The molecule has 0 spiro atoms. The minimum absolute atomic E-state index is 0.0203. The third-order valence-electron chi connectivity index (χ3n) is 2.11. The van der Waals surface area contributed by atoms with E-state index in [1.807, 2.05) is 0 Å². The monoisotopic (exact) mass is 271 g/mol. The van der Waals surface area contributed by atoms with E-state index in [9.17, 15) is 4.39 Å². The highest BCUT2D eigenvalue weighted by Crippen LogP contribution is 2.35. The first-order chi connectivity index (χ1) is 8.08. The molecule has 0 aliphatic carbocycles. The molecule has 0 heterocycles. The number of ether oxygens (including phenoxy) is 1. The molecule has 0 amide bonds. The molecular formula is C12H8Cl2FNO. The number of benzene rings is 2. The van der Waals surface area contributed by atoms with Crippen molar-refractivity contribution in [3.63, 3.8) is 0 Å². The molecule has 0 unspecified atom stereocenters. The van der Waals surface area contributed by atoms with E-state index in [0.717, 1.165) is 0 Å². The van der Waals surface area contributed by atoms with Gasteiger partial charge in [0.15, 0.2) is 5.75 Å². The fraction of sp³-hybridized carbons (Fsp3) is 0. The van der Waals surface area contributed by atoms with Gasteiger partial charge in [-0.3, -0.25) is 0 Å². The maximum atomic E-state index is 13.0. The first kappa shape index (κ1) is 12.0. The van der Waals surface area contributed by atoms with Crippen molar-refractivity contribution in [2.75, 3.05) is 5.73 Å². The average Bonchev–Trinajstić information content (AvgIpc) is 2.28. The maximum Gasteiger partial charge on any atom is 0.168 e. The standard InChI is InChI=1S/C12H8Cl2FNO/c13-8-2-1-3-11(16)12(8)17-7-4-5-10(15)9(14)6-7/h1-6H,16H2. The van der Waals surface area contributed by atoms with Crippen molar-refractivity contribution in [1.29, 1.82) is 0 Å². The minimum Gasteiger partial charge on any atom is -0.454 e. The van der Waals surface area contributed by atoms with Crippen LogP contribution in [0.15, 0.2) is 36.4 Å². The summed E-state index contributed by atoms with van der Waals surface area (Å²) >= 11 is 11.6. The van der Waals surface area contributed by atoms with Gasteiger partial charge >= 0.3 is 0 Å². The van der Waals surface area contributed by atoms with Crippen LogP contribution in [0.2, 0.25) is 10.0 Å². The van der Waals surface area contributed by atoms with Gasteiger partial charge in [0.1, 0.15) is 11.6 Å². The molecule has 0 atom stereocenters. The second-order valence-corrected chi connectivity index (χ2v) is 4.15. The second kappa shape index (κ2) is 4.82. The Morgan fingerprint density at radius 1 is 1.06 bits per heavy atom. The highest BCUT2D eigenvalue weighted by Gasteiger charge is 2.08. The third-order valence-corrected chi connectivity index (χ3v) is 2.70. The third kappa shape index (κ3) is 2.62. The lowest BCUT2D eigenvalue weighted by Gasteiger charge is -2.10. The van der Waals surface area contributed by atoms with E-state index < -0.39 is 5.82 Å². The molecule has 88 valence electrons. The molecule has 2 aromatic carbocycles. The van der Waals surface area contributed by atoms with Gasteiger partial charge in [0.25, 0.3) is 0 Å². The van der Waals surface area contributed by atoms with Gasteiger partial charge in [0.2, 0.25) is 0 Å². The van der Waals surface area contributed by atoms with E-state index in [1.165, 1.54) is 18.2 Å². The summed E-state index contributed by atoms with van der Waals surface area (Å²) < 4.78 is 18.4. The van der Waals surface area contributed by atoms with Crippen LogP contribution in [-0.2, 0) is 0 Å². The number of nitrogen functional groups attached to an aromatic ring is 1. The van der Waals surface area contributed by atoms with Crippen molar-refractivity contribution in [2.45, 2.75) is 0 Å². The van der Waals surface area contributed by atoms with E-state index in [0.29, 0.717) is 22.2 Å². The smallest absolute Gasteiger partial charge is 0.168 e. The Labute approximate surface area is 108 Å². The Morgan fingerprint density at radius 3 is 2.47 bits per heavy atom. The molecule has 5 heteroatoms. The van der Waals surface area contributed by atoms with Crippen LogP contribution in [0.1, 0.15) is 0 Å². The van der Waals surface area contributed by atoms with Crippen molar-refractivity contribution in [3.8, 4) is 11.5 Å². The van der Waals surface area contributed by atoms with Gasteiger partial charge in [0, 0.05) is 6.07 Å². The molecule has 0 aliphatic heterocycles. The Balaban J connectivity index is 2.35. The topological polar surface area (TPSA) is 35.2 Å². The van der Waals surface area contributed by atoms with Gasteiger partial charge in [-0.25, -0.2) is 4.39 Å². The zero-order chi connectivity index (χ0) is 12.4. The predicted molar refractivity (Wildman–Crippen MR) is 67.3 cm³/mol. The second-order valence-electron chi connectivity index (χ2n) is 3.34. The first-order valence-electron chi connectivity index (χ1n) is 4.75. The highest BCUT2D eigenvalue weighted by molar-refractivity contribution is 6.32. The number of anilines is 1. The number of rotatable bonds is 2. The molecule has 17 heavy (non-hydrogen) atoms. The molecule has 2 rings (SSSR count). The first-order valence-corrected chi connectivity index (χ1v) is 5.50. The van der Waals surface area contributed by atoms with Gasteiger partial charge in [-0.05, 0) is 24.3 Å². The molecule has 0 saturated heterocycles. The van der Waals surface area contributed by atoms with Gasteiger partial charge in [-0.1, -0.05) is 29.3 Å². The van der Waals surface area contributed by atoms with Crippen LogP contribution < -0.4 is 10.5 Å². The number of nitrogens with two attached hydrogens (primary N) is 1. The van der Waals surface area contributed by atoms with Crippen molar-refractivity contribution in [2.24, 2.45) is 0 Å². The minimum atomic E-state index is -0.508. The Morgan fingerprint density at radius 2 is 1.82 bits per heavy atom. The molecule has 0 radical (unpaired) electrons. The fourth-order valence-electron chi connectivity index (χ4n) is 1.29. The molecule has 2 nitrogen and oxygen atoms in total. The zero-order valence-electron chi connectivity index (χ0n) is 8.58. The summed E-state index contributed by atoms with van der Waals surface area (Å²) in [6, 6.07) is 9.04. The summed E-state index contributed by atoms with van der Waals surface area (Å²) in [7, 11) is 0. The van der Waals surface area contributed by atoms with Crippen LogP contribution in [0.3, 0.4) is 0 Å². The number of halogens is 3. The maximum absolute atomic E-state index is 13.0. The normalized spacial score (nSPS) is 10.3. The Kier molecular flexibility index (Phi) is 3.41. The van der Waals surface area contributed by atoms with E-state index >= 15 is 0 Å². The lowest BCUT2D eigenvalue weighted by molar-refractivity contribution is 0.483. The van der Waals surface area contributed by atoms with E-state index in [1.54, 1.807) is 18.2 Å². The van der Waals surface area contributed by atoms with Gasteiger partial charge in [-0.15, -0.1) is 0 Å². The number of para-hydroxylation sites is 1. The molecule has 0 saturated carbocycles. The van der Waals surface area contributed by atoms with Crippen molar-refractivity contribution >= 4 is 28.9 Å². The van der Waals surface area contributed by atoms with Crippen LogP contribution in [0.4, 0.5) is 10.1 Å². The molecule has 0 fully saturated rings. The predicted octanol–water partition coefficient (Wildman–Crippen LogP) is 4.51. The summed E-state index contributed by atoms with van der Waals surface area (Å²) in [5, 5.41) is 0.360. The van der Waals surface area contributed by atoms with Gasteiger partial charge in [-0.2, -0.15) is 0 Å². The van der Waals surface area contributed by atoms with Crippen LogP contribution in [-0.4, -0.2) is 0 Å². The SMILES string of the molecule is Nc1cccc(Cl)c1Oc1ccc(F)c(Cl)c1. The van der Waals surface area contributed by atoms with E-state index in [2.05, 4.69) is 0 Å². The quantitative estimate of drug-likeness (QED) is 0.816. The van der Waals surface area contributed by atoms with Crippen molar-refractivity contribution < 1.29 is 9.13 Å². The molecule has 2 N–H and O–H groups in total. The molecule has 0 bridgehead atoms. The molecular weight excluding hydrogens is 264 g/mol. The van der Waals surface area contributed by atoms with E-state index in [4.69, 9.17) is 33.7 Å². The van der Waals surface area contributed by atoms with Crippen LogP contribution in [0.5, 0.6) is 11.5 Å². The van der Waals surface area contributed by atoms with Crippen LogP contribution in [0.25, 0.3) is 0 Å². The molecule has 0 aliphatic rings.